The van der Waals surface area contributed by atoms with Gasteiger partial charge in [0, 0.05) is 12.1 Å². The van der Waals surface area contributed by atoms with Gasteiger partial charge in [0.1, 0.15) is 11.2 Å². The number of aromatic amines is 1. The lowest BCUT2D eigenvalue weighted by atomic mass is 9.88. The first-order valence-corrected chi connectivity index (χ1v) is 9.72. The van der Waals surface area contributed by atoms with Crippen molar-refractivity contribution in [3.05, 3.63) is 41.6 Å². The van der Waals surface area contributed by atoms with Gasteiger partial charge in [-0.2, -0.15) is 0 Å². The van der Waals surface area contributed by atoms with E-state index < -0.39 is 0 Å². The molecule has 148 valence electrons. The van der Waals surface area contributed by atoms with Gasteiger partial charge in [-0.05, 0) is 24.3 Å². The SMILES string of the molecule is COc1cccc(-c2nc3ncc(Cl)c(N[C@H]4[C@@H](C(N)=O)[C@@H]5C=C[C@H]4C5)c3[nH]2)n1. The summed E-state index contributed by atoms with van der Waals surface area (Å²) in [7, 11) is 1.56. The highest BCUT2D eigenvalue weighted by molar-refractivity contribution is 6.34. The zero-order valence-corrected chi connectivity index (χ0v) is 16.3. The van der Waals surface area contributed by atoms with Crippen LogP contribution in [0.2, 0.25) is 5.02 Å². The van der Waals surface area contributed by atoms with Gasteiger partial charge in [0.25, 0.3) is 0 Å². The average molecular weight is 411 g/mol. The molecular formula is C20H19ClN6O2. The van der Waals surface area contributed by atoms with Crippen molar-refractivity contribution >= 4 is 34.4 Å². The maximum absolute atomic E-state index is 12.1. The Morgan fingerprint density at radius 3 is 2.93 bits per heavy atom. The summed E-state index contributed by atoms with van der Waals surface area (Å²) < 4.78 is 5.19. The van der Waals surface area contributed by atoms with Crippen LogP contribution in [0.4, 0.5) is 5.69 Å². The van der Waals surface area contributed by atoms with E-state index in [2.05, 4.69) is 37.4 Å². The molecule has 0 saturated heterocycles. The summed E-state index contributed by atoms with van der Waals surface area (Å²) in [6.45, 7) is 0. The van der Waals surface area contributed by atoms with E-state index in [1.165, 1.54) is 0 Å². The molecule has 1 saturated carbocycles. The van der Waals surface area contributed by atoms with E-state index >= 15 is 0 Å². The highest BCUT2D eigenvalue weighted by Crippen LogP contribution is 2.46. The van der Waals surface area contributed by atoms with Gasteiger partial charge < -0.3 is 20.8 Å². The van der Waals surface area contributed by atoms with Gasteiger partial charge in [0.2, 0.25) is 11.8 Å². The van der Waals surface area contributed by atoms with Crippen molar-refractivity contribution in [2.75, 3.05) is 12.4 Å². The number of methoxy groups -OCH3 is 1. The molecular weight excluding hydrogens is 392 g/mol. The van der Waals surface area contributed by atoms with Gasteiger partial charge in [0.15, 0.2) is 11.5 Å². The standard InChI is InChI=1S/C20H19ClN6O2/c1-29-13-4-2-3-12(24-13)19-26-17-16(11(21)8-23-20(17)27-19)25-15-10-6-5-9(7-10)14(15)18(22)28/h2-6,8-10,14-15H,7H2,1H3,(H2,22,28)(H2,23,25,26,27)/t9-,10+,14+,15-/m1/s1. The van der Waals surface area contributed by atoms with Gasteiger partial charge in [-0.3, -0.25) is 4.79 Å². The smallest absolute Gasteiger partial charge is 0.223 e. The van der Waals surface area contributed by atoms with E-state index in [0.29, 0.717) is 39.3 Å². The lowest BCUT2D eigenvalue weighted by molar-refractivity contribution is -0.122. The molecule has 3 aromatic heterocycles. The number of hydrogen-bond acceptors (Lipinski definition) is 6. The van der Waals surface area contributed by atoms with E-state index in [4.69, 9.17) is 22.1 Å². The number of pyridine rings is 2. The van der Waals surface area contributed by atoms with Gasteiger partial charge >= 0.3 is 0 Å². The van der Waals surface area contributed by atoms with Crippen molar-refractivity contribution < 1.29 is 9.53 Å². The molecule has 2 bridgehead atoms. The molecule has 2 aliphatic carbocycles. The van der Waals surface area contributed by atoms with E-state index in [0.717, 1.165) is 6.42 Å². The number of ether oxygens (including phenoxy) is 1. The minimum atomic E-state index is -0.299. The zero-order valence-electron chi connectivity index (χ0n) is 15.6. The fraction of sp³-hybridized carbons (Fsp3) is 0.300. The summed E-state index contributed by atoms with van der Waals surface area (Å²) in [5.41, 5.74) is 8.14. The second-order valence-electron chi connectivity index (χ2n) is 7.38. The minimum Gasteiger partial charge on any atom is -0.481 e. The van der Waals surface area contributed by atoms with Crippen LogP contribution in [0.25, 0.3) is 22.7 Å². The van der Waals surface area contributed by atoms with Crippen LogP contribution >= 0.6 is 11.6 Å². The number of H-pyrrole nitrogens is 1. The number of imidazole rings is 1. The molecule has 8 nitrogen and oxygen atoms in total. The minimum absolute atomic E-state index is 0.118. The molecule has 0 aliphatic heterocycles. The first kappa shape index (κ1) is 17.9. The van der Waals surface area contributed by atoms with Gasteiger partial charge in [-0.15, -0.1) is 0 Å². The number of aromatic nitrogens is 4. The van der Waals surface area contributed by atoms with E-state index in [9.17, 15) is 4.79 Å². The predicted molar refractivity (Wildman–Crippen MR) is 110 cm³/mol. The predicted octanol–water partition coefficient (Wildman–Crippen LogP) is 2.77. The summed E-state index contributed by atoms with van der Waals surface area (Å²) in [4.78, 5) is 28.6. The molecule has 0 aromatic carbocycles. The lowest BCUT2D eigenvalue weighted by Crippen LogP contribution is -2.41. The number of fused-ring (bicyclic) bond motifs is 3. The third-order valence-electron chi connectivity index (χ3n) is 5.75. The Morgan fingerprint density at radius 1 is 1.31 bits per heavy atom. The molecule has 1 amide bonds. The van der Waals surface area contributed by atoms with E-state index in [1.54, 1.807) is 19.4 Å². The van der Waals surface area contributed by atoms with Crippen molar-refractivity contribution in [1.82, 2.24) is 19.9 Å². The molecule has 0 unspecified atom stereocenters. The number of anilines is 1. The summed E-state index contributed by atoms with van der Waals surface area (Å²) in [6, 6.07) is 5.32. The highest BCUT2D eigenvalue weighted by atomic mass is 35.5. The molecule has 3 aromatic rings. The number of halogens is 1. The number of primary amides is 1. The van der Waals surface area contributed by atoms with Crippen molar-refractivity contribution in [2.45, 2.75) is 12.5 Å². The molecule has 3 heterocycles. The van der Waals surface area contributed by atoms with Crippen LogP contribution in [0.1, 0.15) is 6.42 Å². The largest absolute Gasteiger partial charge is 0.481 e. The Balaban J connectivity index is 1.55. The molecule has 5 rings (SSSR count). The van der Waals surface area contributed by atoms with Crippen LogP contribution in [-0.2, 0) is 4.79 Å². The normalized spacial score (nSPS) is 24.9. The Morgan fingerprint density at radius 2 is 2.14 bits per heavy atom. The summed E-state index contributed by atoms with van der Waals surface area (Å²) >= 11 is 6.47. The number of carbonyl (C=O) groups is 1. The molecule has 29 heavy (non-hydrogen) atoms. The quantitative estimate of drug-likeness (QED) is 0.556. The summed E-state index contributed by atoms with van der Waals surface area (Å²) in [5.74, 6) is 0.878. The first-order valence-electron chi connectivity index (χ1n) is 9.35. The number of nitrogens with zero attached hydrogens (tertiary/aromatic N) is 3. The van der Waals surface area contributed by atoms with Crippen molar-refractivity contribution in [2.24, 2.45) is 23.5 Å². The maximum Gasteiger partial charge on any atom is 0.223 e. The number of allylic oxidation sites excluding steroid dienone is 1. The van der Waals surface area contributed by atoms with Gasteiger partial charge in [0.05, 0.1) is 29.9 Å². The third kappa shape index (κ3) is 2.91. The highest BCUT2D eigenvalue weighted by Gasteiger charge is 2.47. The Bertz CT molecular complexity index is 1140. The van der Waals surface area contributed by atoms with Crippen LogP contribution in [0.3, 0.4) is 0 Å². The second-order valence-corrected chi connectivity index (χ2v) is 7.78. The molecule has 4 atom stereocenters. The molecule has 9 heteroatoms. The fourth-order valence-electron chi connectivity index (χ4n) is 4.43. The summed E-state index contributed by atoms with van der Waals surface area (Å²) in [6.07, 6.45) is 6.70. The lowest BCUT2D eigenvalue weighted by Gasteiger charge is -2.28. The van der Waals surface area contributed by atoms with Crippen LogP contribution in [0.15, 0.2) is 36.5 Å². The first-order chi connectivity index (χ1) is 14.0. The second kappa shape index (κ2) is 6.73. The third-order valence-corrected chi connectivity index (χ3v) is 6.03. The van der Waals surface area contributed by atoms with E-state index in [-0.39, 0.29) is 29.7 Å². The monoisotopic (exact) mass is 410 g/mol. The van der Waals surface area contributed by atoms with Gasteiger partial charge in [-0.1, -0.05) is 29.8 Å². The number of carbonyl (C=O) groups excluding carboxylic acids is 1. The summed E-state index contributed by atoms with van der Waals surface area (Å²) in [5, 5.41) is 3.91. The molecule has 0 radical (unpaired) electrons. The van der Waals surface area contributed by atoms with Crippen molar-refractivity contribution in [1.29, 1.82) is 0 Å². The fourth-order valence-corrected chi connectivity index (χ4v) is 4.63. The van der Waals surface area contributed by atoms with Crippen LogP contribution < -0.4 is 15.8 Å². The molecule has 1 fully saturated rings. The van der Waals surface area contributed by atoms with E-state index in [1.807, 2.05) is 12.1 Å². The number of amides is 1. The van der Waals surface area contributed by atoms with Gasteiger partial charge in [-0.25, -0.2) is 15.0 Å². The molecule has 4 N–H and O–H groups in total. The van der Waals surface area contributed by atoms with Crippen LogP contribution in [-0.4, -0.2) is 39.0 Å². The maximum atomic E-state index is 12.1. The van der Waals surface area contributed by atoms with Crippen molar-refractivity contribution in [3.8, 4) is 17.4 Å². The molecule has 0 spiro atoms. The Hall–Kier alpha value is -3.13. The number of nitrogens with one attached hydrogen (secondary N) is 2. The number of rotatable bonds is 5. The Kier molecular flexibility index (Phi) is 4.16. The Labute approximate surface area is 171 Å². The van der Waals surface area contributed by atoms with Crippen LogP contribution in [0, 0.1) is 17.8 Å². The zero-order chi connectivity index (χ0) is 20.1. The molecule has 2 aliphatic rings. The topological polar surface area (TPSA) is 119 Å². The van der Waals surface area contributed by atoms with Crippen molar-refractivity contribution in [3.63, 3.8) is 0 Å². The average Bonchev–Trinajstić information content (AvgIpc) is 3.44. The number of hydrogen-bond donors (Lipinski definition) is 3. The number of nitrogens with two attached hydrogens (primary N) is 1. The van der Waals surface area contributed by atoms with Crippen LogP contribution in [0.5, 0.6) is 5.88 Å².